The number of hydrogen-bond acceptors (Lipinski definition) is 4. The van der Waals surface area contributed by atoms with Crippen LogP contribution in [0.1, 0.15) is 0 Å². The molecule has 47 heavy (non-hydrogen) atoms. The molecule has 222 valence electrons. The van der Waals surface area contributed by atoms with Gasteiger partial charge in [-0.15, -0.1) is 0 Å². The highest BCUT2D eigenvalue weighted by Crippen LogP contribution is 2.43. The number of furan rings is 1. The number of nitrogens with zero attached hydrogens (tertiary/aromatic N) is 2. The quantitative estimate of drug-likeness (QED) is 0.189. The smallest absolute Gasteiger partial charge is 0.227 e. The molecular formula is C43H28N2O2. The number of fused-ring (bicyclic) bond motifs is 4. The van der Waals surface area contributed by atoms with Gasteiger partial charge in [0.1, 0.15) is 11.1 Å². The molecule has 7 aromatic carbocycles. The lowest BCUT2D eigenvalue weighted by Gasteiger charge is -2.26. The first kappa shape index (κ1) is 27.0. The minimum Gasteiger partial charge on any atom is -0.454 e. The Morgan fingerprint density at radius 2 is 0.979 bits per heavy atom. The summed E-state index contributed by atoms with van der Waals surface area (Å²) in [5.41, 5.74) is 11.8. The van der Waals surface area contributed by atoms with Gasteiger partial charge in [-0.1, -0.05) is 115 Å². The fourth-order valence-corrected chi connectivity index (χ4v) is 6.44. The fourth-order valence-electron chi connectivity index (χ4n) is 6.44. The van der Waals surface area contributed by atoms with E-state index >= 15 is 0 Å². The highest BCUT2D eigenvalue weighted by molar-refractivity contribution is 6.10. The molecule has 0 atom stereocenters. The lowest BCUT2D eigenvalue weighted by Crippen LogP contribution is -2.10. The van der Waals surface area contributed by atoms with E-state index in [1.54, 1.807) is 0 Å². The third-order valence-corrected chi connectivity index (χ3v) is 8.73. The van der Waals surface area contributed by atoms with Crippen molar-refractivity contribution in [3.63, 3.8) is 0 Å². The molecule has 0 aliphatic rings. The van der Waals surface area contributed by atoms with Gasteiger partial charge >= 0.3 is 0 Å². The van der Waals surface area contributed by atoms with E-state index in [2.05, 4.69) is 114 Å². The third-order valence-electron chi connectivity index (χ3n) is 8.73. The lowest BCUT2D eigenvalue weighted by molar-refractivity contribution is 0.620. The number of oxazole rings is 1. The van der Waals surface area contributed by atoms with Gasteiger partial charge in [-0.2, -0.15) is 0 Å². The molecule has 0 amide bonds. The van der Waals surface area contributed by atoms with E-state index in [0.717, 1.165) is 66.8 Å². The van der Waals surface area contributed by atoms with Gasteiger partial charge in [-0.25, -0.2) is 4.98 Å². The van der Waals surface area contributed by atoms with E-state index in [-0.39, 0.29) is 0 Å². The third kappa shape index (κ3) is 4.75. The minimum absolute atomic E-state index is 0.619. The maximum Gasteiger partial charge on any atom is 0.227 e. The van der Waals surface area contributed by atoms with Crippen molar-refractivity contribution in [1.82, 2.24) is 4.98 Å². The van der Waals surface area contributed by atoms with Gasteiger partial charge in [-0.3, -0.25) is 0 Å². The minimum atomic E-state index is 0.619. The number of anilines is 3. The summed E-state index contributed by atoms with van der Waals surface area (Å²) in [5.74, 6) is 0.619. The molecule has 0 spiro atoms. The molecule has 9 rings (SSSR count). The van der Waals surface area contributed by atoms with Gasteiger partial charge in [-0.05, 0) is 71.3 Å². The molecule has 0 aliphatic heterocycles. The first-order valence-corrected chi connectivity index (χ1v) is 15.7. The Labute approximate surface area is 271 Å². The molecule has 0 N–H and O–H groups in total. The summed E-state index contributed by atoms with van der Waals surface area (Å²) in [6.45, 7) is 0. The zero-order valence-electron chi connectivity index (χ0n) is 25.4. The summed E-state index contributed by atoms with van der Waals surface area (Å²) in [4.78, 5) is 7.18. The maximum atomic E-state index is 6.52. The predicted octanol–water partition coefficient (Wildman–Crippen LogP) is 12.2. The van der Waals surface area contributed by atoms with Crippen LogP contribution in [-0.4, -0.2) is 4.98 Å². The molecule has 0 unspecified atom stereocenters. The van der Waals surface area contributed by atoms with Gasteiger partial charge in [0, 0.05) is 33.3 Å². The van der Waals surface area contributed by atoms with Crippen LogP contribution in [0.5, 0.6) is 0 Å². The van der Waals surface area contributed by atoms with Crippen molar-refractivity contribution in [3.8, 4) is 33.7 Å². The summed E-state index contributed by atoms with van der Waals surface area (Å²) in [6, 6.07) is 58.5. The van der Waals surface area contributed by atoms with Crippen LogP contribution in [0.3, 0.4) is 0 Å². The Morgan fingerprint density at radius 1 is 0.404 bits per heavy atom. The zero-order valence-corrected chi connectivity index (χ0v) is 25.4. The normalized spacial score (nSPS) is 11.4. The number of para-hydroxylation sites is 3. The molecule has 0 aliphatic carbocycles. The molecule has 4 nitrogen and oxygen atoms in total. The fraction of sp³-hybridized carbons (Fsp3) is 0. The van der Waals surface area contributed by atoms with Crippen LogP contribution in [0.15, 0.2) is 179 Å². The summed E-state index contributed by atoms with van der Waals surface area (Å²) < 4.78 is 12.7. The van der Waals surface area contributed by atoms with Gasteiger partial charge in [0.15, 0.2) is 11.2 Å². The number of aromatic nitrogens is 1. The van der Waals surface area contributed by atoms with Crippen molar-refractivity contribution in [2.45, 2.75) is 0 Å². The molecule has 9 aromatic rings. The van der Waals surface area contributed by atoms with Crippen molar-refractivity contribution in [1.29, 1.82) is 0 Å². The molecule has 2 aromatic heterocycles. The van der Waals surface area contributed by atoms with Crippen molar-refractivity contribution < 1.29 is 8.83 Å². The number of rotatable bonds is 6. The second-order valence-corrected chi connectivity index (χ2v) is 11.6. The van der Waals surface area contributed by atoms with E-state index < -0.39 is 0 Å². The van der Waals surface area contributed by atoms with Crippen LogP contribution in [0.4, 0.5) is 17.1 Å². The van der Waals surface area contributed by atoms with Crippen LogP contribution in [0, 0.1) is 0 Å². The first-order valence-electron chi connectivity index (χ1n) is 15.7. The predicted molar refractivity (Wildman–Crippen MR) is 192 cm³/mol. The topological polar surface area (TPSA) is 42.4 Å². The molecule has 0 fully saturated rings. The van der Waals surface area contributed by atoms with Crippen LogP contribution in [-0.2, 0) is 0 Å². The van der Waals surface area contributed by atoms with Gasteiger partial charge in [0.05, 0.1) is 5.69 Å². The first-order chi connectivity index (χ1) is 23.3. The van der Waals surface area contributed by atoms with Gasteiger partial charge in [0.25, 0.3) is 0 Å². The Hall–Kier alpha value is -6.39. The van der Waals surface area contributed by atoms with Crippen molar-refractivity contribution in [2.24, 2.45) is 0 Å². The Kier molecular flexibility index (Phi) is 6.43. The monoisotopic (exact) mass is 604 g/mol. The van der Waals surface area contributed by atoms with E-state index in [9.17, 15) is 0 Å². The van der Waals surface area contributed by atoms with Crippen LogP contribution in [0.25, 0.3) is 66.7 Å². The standard InChI is InChI=1S/C43H28N2O2/c1-3-11-29(12-4-1)30-21-25-33(26-22-30)45(38-18-9-17-37-36-15-7-8-19-39(36)46-42(37)38)34-27-23-31(24-28-34)35-16-10-20-40-41(35)44-43(47-40)32-13-5-2-6-14-32/h1-28H. The van der Waals surface area contributed by atoms with Gasteiger partial charge in [0.2, 0.25) is 5.89 Å². The summed E-state index contributed by atoms with van der Waals surface area (Å²) in [7, 11) is 0. The highest BCUT2D eigenvalue weighted by atomic mass is 16.3. The van der Waals surface area contributed by atoms with Crippen molar-refractivity contribution in [3.05, 3.63) is 170 Å². The molecule has 0 saturated carbocycles. The van der Waals surface area contributed by atoms with Gasteiger partial charge < -0.3 is 13.7 Å². The largest absolute Gasteiger partial charge is 0.454 e. The molecular weight excluding hydrogens is 576 g/mol. The molecule has 0 radical (unpaired) electrons. The summed E-state index contributed by atoms with van der Waals surface area (Å²) in [5, 5.41) is 2.20. The molecule has 0 saturated heterocycles. The maximum absolute atomic E-state index is 6.52. The average Bonchev–Trinajstić information content (AvgIpc) is 3.76. The average molecular weight is 605 g/mol. The van der Waals surface area contributed by atoms with Crippen LogP contribution < -0.4 is 4.90 Å². The number of benzene rings is 7. The molecule has 4 heteroatoms. The van der Waals surface area contributed by atoms with Crippen molar-refractivity contribution >= 4 is 50.1 Å². The van der Waals surface area contributed by atoms with E-state index in [1.807, 2.05) is 60.7 Å². The van der Waals surface area contributed by atoms with Crippen LogP contribution >= 0.6 is 0 Å². The van der Waals surface area contributed by atoms with E-state index in [0.29, 0.717) is 5.89 Å². The molecule has 0 bridgehead atoms. The lowest BCUT2D eigenvalue weighted by atomic mass is 10.0. The zero-order chi connectivity index (χ0) is 31.2. The Balaban J connectivity index is 1.16. The second-order valence-electron chi connectivity index (χ2n) is 11.6. The summed E-state index contributed by atoms with van der Waals surface area (Å²) in [6.07, 6.45) is 0. The van der Waals surface area contributed by atoms with Crippen molar-refractivity contribution in [2.75, 3.05) is 4.90 Å². The molecule has 2 heterocycles. The van der Waals surface area contributed by atoms with Crippen LogP contribution in [0.2, 0.25) is 0 Å². The number of hydrogen-bond donors (Lipinski definition) is 0. The summed E-state index contributed by atoms with van der Waals surface area (Å²) >= 11 is 0. The highest BCUT2D eigenvalue weighted by Gasteiger charge is 2.20. The Bertz CT molecular complexity index is 2500. The van der Waals surface area contributed by atoms with E-state index in [1.165, 1.54) is 11.1 Å². The SMILES string of the molecule is c1ccc(-c2ccc(N(c3ccc(-c4cccc5oc(-c6ccccc6)nc45)cc3)c3cccc4c3oc3ccccc34)cc2)cc1. The van der Waals surface area contributed by atoms with E-state index in [4.69, 9.17) is 13.8 Å². The second kappa shape index (κ2) is 11.2. The Morgan fingerprint density at radius 3 is 1.72 bits per heavy atom.